The van der Waals surface area contributed by atoms with E-state index in [0.717, 1.165) is 24.0 Å². The molecular formula is C26H27N3O3S. The van der Waals surface area contributed by atoms with Crippen molar-refractivity contribution < 1.29 is 14.3 Å². The Morgan fingerprint density at radius 2 is 1.42 bits per heavy atom. The first-order valence-electron chi connectivity index (χ1n) is 10.8. The third-order valence-electron chi connectivity index (χ3n) is 4.94. The first-order valence-corrected chi connectivity index (χ1v) is 11.2. The number of ether oxygens (including phenoxy) is 1. The summed E-state index contributed by atoms with van der Waals surface area (Å²) >= 11 is 5.18. The van der Waals surface area contributed by atoms with E-state index in [0.29, 0.717) is 17.9 Å². The summed E-state index contributed by atoms with van der Waals surface area (Å²) in [5.41, 5.74) is 7.36. The van der Waals surface area contributed by atoms with Gasteiger partial charge in [0.15, 0.2) is 5.11 Å². The third-order valence-corrected chi connectivity index (χ3v) is 5.14. The molecule has 0 spiro atoms. The molecule has 0 fully saturated rings. The van der Waals surface area contributed by atoms with Gasteiger partial charge >= 0.3 is 0 Å². The summed E-state index contributed by atoms with van der Waals surface area (Å²) in [6.07, 6.45) is 2.03. The molecule has 33 heavy (non-hydrogen) atoms. The molecule has 0 radical (unpaired) electrons. The van der Waals surface area contributed by atoms with Gasteiger partial charge < -0.3 is 4.74 Å². The van der Waals surface area contributed by atoms with Crippen LogP contribution in [0, 0.1) is 0 Å². The van der Waals surface area contributed by atoms with Gasteiger partial charge in [0, 0.05) is 5.56 Å². The van der Waals surface area contributed by atoms with Gasteiger partial charge in [-0.3, -0.25) is 25.8 Å². The van der Waals surface area contributed by atoms with E-state index in [1.54, 1.807) is 24.3 Å². The number of amides is 2. The van der Waals surface area contributed by atoms with Crippen molar-refractivity contribution in [3.05, 3.63) is 102 Å². The monoisotopic (exact) mass is 461 g/mol. The Kier molecular flexibility index (Phi) is 8.97. The highest BCUT2D eigenvalue weighted by atomic mass is 32.1. The third kappa shape index (κ3) is 7.15. The molecule has 3 aromatic carbocycles. The smallest absolute Gasteiger partial charge is 0.257 e. The molecule has 3 rings (SSSR count). The lowest BCUT2D eigenvalue weighted by atomic mass is 9.91. The molecule has 7 heteroatoms. The van der Waals surface area contributed by atoms with E-state index < -0.39 is 5.92 Å². The van der Waals surface area contributed by atoms with Crippen LogP contribution in [0.3, 0.4) is 0 Å². The summed E-state index contributed by atoms with van der Waals surface area (Å²) in [5.74, 6) is -0.499. The zero-order valence-corrected chi connectivity index (χ0v) is 19.2. The van der Waals surface area contributed by atoms with Crippen molar-refractivity contribution in [3.63, 3.8) is 0 Å². The second kappa shape index (κ2) is 12.4. The highest BCUT2D eigenvalue weighted by molar-refractivity contribution is 7.80. The highest BCUT2D eigenvalue weighted by Gasteiger charge is 2.22. The maximum absolute atomic E-state index is 13.0. The number of unbranched alkanes of at least 4 members (excludes halogenated alkanes) is 1. The molecule has 0 heterocycles. The van der Waals surface area contributed by atoms with Crippen molar-refractivity contribution in [3.8, 4) is 5.75 Å². The topological polar surface area (TPSA) is 79.5 Å². The van der Waals surface area contributed by atoms with Gasteiger partial charge in [-0.2, -0.15) is 0 Å². The lowest BCUT2D eigenvalue weighted by molar-refractivity contribution is -0.122. The lowest BCUT2D eigenvalue weighted by Gasteiger charge is -2.19. The Hall–Kier alpha value is -3.71. The highest BCUT2D eigenvalue weighted by Crippen LogP contribution is 2.24. The van der Waals surface area contributed by atoms with Crippen LogP contribution in [0.1, 0.15) is 47.2 Å². The van der Waals surface area contributed by atoms with E-state index in [9.17, 15) is 9.59 Å². The first kappa shape index (κ1) is 23.9. The van der Waals surface area contributed by atoms with Crippen LogP contribution in [0.15, 0.2) is 84.9 Å². The van der Waals surface area contributed by atoms with Crippen LogP contribution in [-0.4, -0.2) is 23.5 Å². The van der Waals surface area contributed by atoms with Crippen LogP contribution < -0.4 is 20.9 Å². The van der Waals surface area contributed by atoms with Gasteiger partial charge in [0.1, 0.15) is 5.75 Å². The van der Waals surface area contributed by atoms with Crippen LogP contribution in [0.2, 0.25) is 0 Å². The average molecular weight is 462 g/mol. The standard InChI is InChI=1S/C26H27N3O3S/c1-2-3-18-32-22-16-14-21(15-17-22)24(30)27-26(33)29-28-25(31)23(19-10-6-4-7-11-19)20-12-8-5-9-13-20/h4-17,23H,2-3,18H2,1H3,(H,28,31)(H2,27,29,30,33). The number of carbonyl (C=O) groups is 2. The Bertz CT molecular complexity index is 1020. The van der Waals surface area contributed by atoms with Crippen molar-refractivity contribution in [1.82, 2.24) is 16.2 Å². The minimum absolute atomic E-state index is 0.00324. The molecule has 0 aliphatic heterocycles. The molecular weight excluding hydrogens is 434 g/mol. The molecule has 3 aromatic rings. The SMILES string of the molecule is CCCCOc1ccc(C(=O)NC(=S)NNC(=O)C(c2ccccc2)c2ccccc2)cc1. The van der Waals surface area contributed by atoms with Gasteiger partial charge in [-0.15, -0.1) is 0 Å². The molecule has 0 saturated carbocycles. The van der Waals surface area contributed by atoms with E-state index in [1.165, 1.54) is 0 Å². The summed E-state index contributed by atoms with van der Waals surface area (Å²) < 4.78 is 5.61. The fourth-order valence-electron chi connectivity index (χ4n) is 3.22. The minimum atomic E-state index is -0.529. The normalized spacial score (nSPS) is 10.4. The number of benzene rings is 3. The zero-order chi connectivity index (χ0) is 23.5. The molecule has 0 aliphatic carbocycles. The van der Waals surface area contributed by atoms with Gasteiger partial charge in [-0.25, -0.2) is 0 Å². The number of hydrogen-bond acceptors (Lipinski definition) is 4. The fraction of sp³-hybridized carbons (Fsp3) is 0.192. The van der Waals surface area contributed by atoms with Gasteiger partial charge in [0.05, 0.1) is 12.5 Å². The number of hydrazine groups is 1. The van der Waals surface area contributed by atoms with Gasteiger partial charge in [-0.05, 0) is 54.0 Å². The number of hydrogen-bond donors (Lipinski definition) is 3. The van der Waals surface area contributed by atoms with Gasteiger partial charge in [0.2, 0.25) is 5.91 Å². The quantitative estimate of drug-likeness (QED) is 0.264. The zero-order valence-electron chi connectivity index (χ0n) is 18.4. The van der Waals surface area contributed by atoms with Crippen LogP contribution in [0.25, 0.3) is 0 Å². The maximum Gasteiger partial charge on any atom is 0.257 e. The molecule has 170 valence electrons. The molecule has 0 unspecified atom stereocenters. The van der Waals surface area contributed by atoms with E-state index in [1.807, 2.05) is 60.7 Å². The molecule has 0 bridgehead atoms. The molecule has 0 saturated heterocycles. The summed E-state index contributed by atoms with van der Waals surface area (Å²) in [6.45, 7) is 2.74. The van der Waals surface area contributed by atoms with Crippen molar-refractivity contribution in [2.24, 2.45) is 0 Å². The van der Waals surface area contributed by atoms with Crippen molar-refractivity contribution in [1.29, 1.82) is 0 Å². The Morgan fingerprint density at radius 3 is 1.97 bits per heavy atom. The van der Waals surface area contributed by atoms with Crippen molar-refractivity contribution in [2.45, 2.75) is 25.7 Å². The molecule has 2 amide bonds. The Balaban J connectivity index is 1.56. The van der Waals surface area contributed by atoms with Crippen molar-refractivity contribution in [2.75, 3.05) is 6.61 Å². The summed E-state index contributed by atoms with van der Waals surface area (Å²) in [7, 11) is 0. The molecule has 0 aromatic heterocycles. The minimum Gasteiger partial charge on any atom is -0.494 e. The molecule has 6 nitrogen and oxygen atoms in total. The van der Waals surface area contributed by atoms with E-state index in [2.05, 4.69) is 23.1 Å². The largest absolute Gasteiger partial charge is 0.494 e. The van der Waals surface area contributed by atoms with Gasteiger partial charge in [-0.1, -0.05) is 74.0 Å². The fourth-order valence-corrected chi connectivity index (χ4v) is 3.36. The summed E-state index contributed by atoms with van der Waals surface area (Å²) in [5, 5.41) is 2.56. The molecule has 0 aliphatic rings. The Labute approximate surface area is 199 Å². The van der Waals surface area contributed by atoms with Crippen LogP contribution in [0.4, 0.5) is 0 Å². The first-order chi connectivity index (χ1) is 16.1. The summed E-state index contributed by atoms with van der Waals surface area (Å²) in [6, 6.07) is 25.7. The van der Waals surface area contributed by atoms with Crippen LogP contribution in [-0.2, 0) is 4.79 Å². The second-order valence-corrected chi connectivity index (χ2v) is 7.79. The lowest BCUT2D eigenvalue weighted by Crippen LogP contribution is -2.49. The number of rotatable bonds is 8. The predicted octanol–water partition coefficient (Wildman–Crippen LogP) is 4.33. The Morgan fingerprint density at radius 1 is 0.848 bits per heavy atom. The molecule has 3 N–H and O–H groups in total. The van der Waals surface area contributed by atoms with Crippen LogP contribution >= 0.6 is 12.2 Å². The molecule has 0 atom stereocenters. The van der Waals surface area contributed by atoms with Crippen LogP contribution in [0.5, 0.6) is 5.75 Å². The predicted molar refractivity (Wildman–Crippen MR) is 133 cm³/mol. The number of nitrogens with one attached hydrogen (secondary N) is 3. The van der Waals surface area contributed by atoms with Crippen molar-refractivity contribution >= 4 is 29.1 Å². The number of carbonyl (C=O) groups excluding carboxylic acids is 2. The summed E-state index contributed by atoms with van der Waals surface area (Å²) in [4.78, 5) is 25.4. The van der Waals surface area contributed by atoms with Gasteiger partial charge in [0.25, 0.3) is 5.91 Å². The number of thiocarbonyl (C=S) groups is 1. The van der Waals surface area contributed by atoms with E-state index >= 15 is 0 Å². The van der Waals surface area contributed by atoms with E-state index in [-0.39, 0.29) is 16.9 Å². The second-order valence-electron chi connectivity index (χ2n) is 7.38. The maximum atomic E-state index is 13.0. The van der Waals surface area contributed by atoms with E-state index in [4.69, 9.17) is 17.0 Å². The average Bonchev–Trinajstić information content (AvgIpc) is 2.85.